The van der Waals surface area contributed by atoms with Crippen LogP contribution in [0.15, 0.2) is 42.5 Å². The molecule has 4 nitrogen and oxygen atoms in total. The molecule has 0 aromatic heterocycles. The molecule has 1 atom stereocenters. The van der Waals surface area contributed by atoms with E-state index in [4.69, 9.17) is 0 Å². The number of hydrogen-bond donors (Lipinski definition) is 1. The van der Waals surface area contributed by atoms with E-state index in [0.717, 1.165) is 10.8 Å². The van der Waals surface area contributed by atoms with Crippen LogP contribution in [-0.4, -0.2) is 31.9 Å². The van der Waals surface area contributed by atoms with Crippen molar-refractivity contribution in [1.29, 1.82) is 0 Å². The van der Waals surface area contributed by atoms with Crippen LogP contribution in [0.3, 0.4) is 0 Å². The van der Waals surface area contributed by atoms with E-state index in [1.54, 1.807) is 6.07 Å². The largest absolute Gasteiger partial charge is 0.348 e. The average Bonchev–Trinajstić information content (AvgIpc) is 2.77. The average molecular weight is 289 g/mol. The van der Waals surface area contributed by atoms with Gasteiger partial charge in [-0.2, -0.15) is 0 Å². The Labute approximate surface area is 117 Å². The maximum atomic E-state index is 12.1. The molecule has 1 aliphatic rings. The number of benzene rings is 2. The summed E-state index contributed by atoms with van der Waals surface area (Å²) in [4.78, 5) is 12.1. The summed E-state index contributed by atoms with van der Waals surface area (Å²) in [7, 11) is -2.97. The SMILES string of the molecule is O=C(N[C@@H]1CCS(=O)(=O)C1)c1ccc2ccccc2c1. The van der Waals surface area contributed by atoms with Gasteiger partial charge in [0.05, 0.1) is 11.5 Å². The lowest BCUT2D eigenvalue weighted by atomic mass is 10.1. The van der Waals surface area contributed by atoms with E-state index in [0.29, 0.717) is 12.0 Å². The van der Waals surface area contributed by atoms with E-state index in [1.807, 2.05) is 36.4 Å². The van der Waals surface area contributed by atoms with E-state index in [-0.39, 0.29) is 23.5 Å². The van der Waals surface area contributed by atoms with Gasteiger partial charge in [0.2, 0.25) is 0 Å². The van der Waals surface area contributed by atoms with Crippen molar-refractivity contribution in [2.75, 3.05) is 11.5 Å². The molecule has 0 bridgehead atoms. The van der Waals surface area contributed by atoms with Gasteiger partial charge in [-0.1, -0.05) is 30.3 Å². The van der Waals surface area contributed by atoms with Crippen molar-refractivity contribution >= 4 is 26.5 Å². The van der Waals surface area contributed by atoms with Gasteiger partial charge in [-0.25, -0.2) is 8.42 Å². The minimum Gasteiger partial charge on any atom is -0.348 e. The minimum atomic E-state index is -2.97. The predicted octanol–water partition coefficient (Wildman–Crippen LogP) is 1.76. The number of nitrogens with one attached hydrogen (secondary N) is 1. The first-order chi connectivity index (χ1) is 9.53. The summed E-state index contributed by atoms with van der Waals surface area (Å²) in [6.45, 7) is 0. The lowest BCUT2D eigenvalue weighted by molar-refractivity contribution is 0.0941. The van der Waals surface area contributed by atoms with Gasteiger partial charge in [-0.05, 0) is 29.3 Å². The van der Waals surface area contributed by atoms with Crippen LogP contribution in [0.5, 0.6) is 0 Å². The zero-order valence-electron chi connectivity index (χ0n) is 10.9. The molecule has 2 aromatic carbocycles. The van der Waals surface area contributed by atoms with Crippen molar-refractivity contribution in [3.63, 3.8) is 0 Å². The smallest absolute Gasteiger partial charge is 0.251 e. The topological polar surface area (TPSA) is 63.2 Å². The van der Waals surface area contributed by atoms with Crippen LogP contribution >= 0.6 is 0 Å². The third-order valence-electron chi connectivity index (χ3n) is 3.58. The van der Waals surface area contributed by atoms with Crippen molar-refractivity contribution in [2.45, 2.75) is 12.5 Å². The van der Waals surface area contributed by atoms with Crippen molar-refractivity contribution < 1.29 is 13.2 Å². The maximum Gasteiger partial charge on any atom is 0.251 e. The zero-order valence-corrected chi connectivity index (χ0v) is 11.7. The van der Waals surface area contributed by atoms with Crippen LogP contribution in [0.4, 0.5) is 0 Å². The molecule has 1 amide bonds. The van der Waals surface area contributed by atoms with Gasteiger partial charge in [0.1, 0.15) is 0 Å². The summed E-state index contributed by atoms with van der Waals surface area (Å²) in [6.07, 6.45) is 0.502. The third-order valence-corrected chi connectivity index (χ3v) is 5.35. The summed E-state index contributed by atoms with van der Waals surface area (Å²) in [6, 6.07) is 13.0. The van der Waals surface area contributed by atoms with E-state index in [9.17, 15) is 13.2 Å². The maximum absolute atomic E-state index is 12.1. The summed E-state index contributed by atoms with van der Waals surface area (Å²) < 4.78 is 22.8. The van der Waals surface area contributed by atoms with Crippen LogP contribution in [0.1, 0.15) is 16.8 Å². The fraction of sp³-hybridized carbons (Fsp3) is 0.267. The second-order valence-corrected chi connectivity index (χ2v) is 7.36. The third kappa shape index (κ3) is 2.67. The predicted molar refractivity (Wildman–Crippen MR) is 78.5 cm³/mol. The molecule has 0 radical (unpaired) electrons. The molecular weight excluding hydrogens is 274 g/mol. The van der Waals surface area contributed by atoms with E-state index in [1.165, 1.54) is 0 Å². The lowest BCUT2D eigenvalue weighted by Gasteiger charge is -2.11. The van der Waals surface area contributed by atoms with Gasteiger partial charge >= 0.3 is 0 Å². The van der Waals surface area contributed by atoms with Crippen LogP contribution in [0, 0.1) is 0 Å². The molecule has 3 rings (SSSR count). The molecule has 20 heavy (non-hydrogen) atoms. The Bertz CT molecular complexity index is 768. The Balaban J connectivity index is 1.79. The Morgan fingerprint density at radius 1 is 1.10 bits per heavy atom. The normalized spacial score (nSPS) is 20.9. The fourth-order valence-electron chi connectivity index (χ4n) is 2.51. The van der Waals surface area contributed by atoms with Crippen molar-refractivity contribution in [3.8, 4) is 0 Å². The molecule has 104 valence electrons. The molecule has 1 fully saturated rings. The first-order valence-corrected chi connectivity index (χ1v) is 8.36. The zero-order chi connectivity index (χ0) is 14.2. The molecule has 1 N–H and O–H groups in total. The molecule has 1 heterocycles. The first kappa shape index (κ1) is 13.1. The number of hydrogen-bond acceptors (Lipinski definition) is 3. The number of fused-ring (bicyclic) bond motifs is 1. The van der Waals surface area contributed by atoms with E-state index >= 15 is 0 Å². The van der Waals surface area contributed by atoms with Gasteiger partial charge in [-0.3, -0.25) is 4.79 Å². The van der Waals surface area contributed by atoms with Crippen LogP contribution in [0.25, 0.3) is 10.8 Å². The minimum absolute atomic E-state index is 0.0479. The Kier molecular flexibility index (Phi) is 3.22. The number of sulfone groups is 1. The second kappa shape index (κ2) is 4.90. The lowest BCUT2D eigenvalue weighted by Crippen LogP contribution is -2.35. The summed E-state index contributed by atoms with van der Waals surface area (Å²) >= 11 is 0. The summed E-state index contributed by atoms with van der Waals surface area (Å²) in [5.41, 5.74) is 0.563. The van der Waals surface area contributed by atoms with Crippen LogP contribution in [0.2, 0.25) is 0 Å². The summed E-state index contributed by atoms with van der Waals surface area (Å²) in [5, 5.41) is 4.87. The first-order valence-electron chi connectivity index (χ1n) is 6.54. The van der Waals surface area contributed by atoms with Gasteiger partial charge in [0, 0.05) is 11.6 Å². The number of carbonyl (C=O) groups is 1. The summed E-state index contributed by atoms with van der Waals surface area (Å²) in [5.74, 6) is -0.0000154. The second-order valence-electron chi connectivity index (χ2n) is 5.14. The highest BCUT2D eigenvalue weighted by molar-refractivity contribution is 7.91. The molecule has 1 saturated heterocycles. The highest BCUT2D eigenvalue weighted by Crippen LogP contribution is 2.17. The Hall–Kier alpha value is -1.88. The Morgan fingerprint density at radius 3 is 2.55 bits per heavy atom. The highest BCUT2D eigenvalue weighted by Gasteiger charge is 2.29. The highest BCUT2D eigenvalue weighted by atomic mass is 32.2. The van der Waals surface area contributed by atoms with Gasteiger partial charge in [0.25, 0.3) is 5.91 Å². The van der Waals surface area contributed by atoms with Crippen LogP contribution < -0.4 is 5.32 Å². The van der Waals surface area contributed by atoms with Crippen molar-refractivity contribution in [2.24, 2.45) is 0 Å². The molecule has 1 aliphatic heterocycles. The van der Waals surface area contributed by atoms with Gasteiger partial charge in [0.15, 0.2) is 9.84 Å². The number of carbonyl (C=O) groups excluding carboxylic acids is 1. The van der Waals surface area contributed by atoms with Crippen molar-refractivity contribution in [3.05, 3.63) is 48.0 Å². The standard InChI is InChI=1S/C15H15NO3S/c17-15(16-14-7-8-20(18,19)10-14)13-6-5-11-3-1-2-4-12(11)9-13/h1-6,9,14H,7-8,10H2,(H,16,17)/t14-/m1/s1. The van der Waals surface area contributed by atoms with Gasteiger partial charge in [-0.15, -0.1) is 0 Å². The molecular formula is C15H15NO3S. The number of amides is 1. The fourth-order valence-corrected chi connectivity index (χ4v) is 4.18. The van der Waals surface area contributed by atoms with E-state index in [2.05, 4.69) is 5.32 Å². The molecule has 0 aliphatic carbocycles. The number of rotatable bonds is 2. The van der Waals surface area contributed by atoms with E-state index < -0.39 is 9.84 Å². The van der Waals surface area contributed by atoms with Crippen LogP contribution in [-0.2, 0) is 9.84 Å². The quantitative estimate of drug-likeness (QED) is 0.916. The molecule has 0 spiro atoms. The molecule has 2 aromatic rings. The van der Waals surface area contributed by atoms with Crippen molar-refractivity contribution in [1.82, 2.24) is 5.32 Å². The molecule has 0 unspecified atom stereocenters. The van der Waals surface area contributed by atoms with Gasteiger partial charge < -0.3 is 5.32 Å². The molecule has 0 saturated carbocycles. The molecule has 5 heteroatoms. The monoisotopic (exact) mass is 289 g/mol. The Morgan fingerprint density at radius 2 is 1.85 bits per heavy atom.